The lowest BCUT2D eigenvalue weighted by atomic mass is 10.1. The summed E-state index contributed by atoms with van der Waals surface area (Å²) < 4.78 is 11.5. The van der Waals surface area contributed by atoms with Gasteiger partial charge in [0.15, 0.2) is 11.5 Å². The standard InChI is InChI=1S/C25H26N4O4/c30-23-6-2-12-29(23)13-3-11-26-25(31)18-9-7-17(8-10-18)20-16-21(28-27-20)19-4-1-5-22-24(19)33-15-14-32-22/h1,4-5,7-10,16H,2-3,6,11-15H2,(H,26,31)(H,27,28). The van der Waals surface area contributed by atoms with E-state index >= 15 is 0 Å². The van der Waals surface area contributed by atoms with Crippen LogP contribution < -0.4 is 14.8 Å². The number of carbonyl (C=O) groups is 2. The first kappa shape index (κ1) is 21.1. The van der Waals surface area contributed by atoms with Crippen LogP contribution in [0.2, 0.25) is 0 Å². The Morgan fingerprint density at radius 3 is 2.79 bits per heavy atom. The lowest BCUT2D eigenvalue weighted by Crippen LogP contribution is -2.30. The number of aromatic nitrogens is 2. The van der Waals surface area contributed by atoms with Crippen molar-refractivity contribution in [3.63, 3.8) is 0 Å². The summed E-state index contributed by atoms with van der Waals surface area (Å²) in [5.41, 5.74) is 4.02. The van der Waals surface area contributed by atoms with Gasteiger partial charge in [-0.05, 0) is 43.2 Å². The molecule has 3 aromatic rings. The molecule has 170 valence electrons. The van der Waals surface area contributed by atoms with E-state index in [-0.39, 0.29) is 11.8 Å². The SMILES string of the molecule is O=C(NCCCN1CCCC1=O)c1ccc(-c2cc(-c3cccc4c3OCCO4)[nH]n2)cc1. The average Bonchev–Trinajstić information content (AvgIpc) is 3.51. The van der Waals surface area contributed by atoms with Crippen molar-refractivity contribution in [3.8, 4) is 34.0 Å². The van der Waals surface area contributed by atoms with Gasteiger partial charge in [-0.2, -0.15) is 5.10 Å². The van der Waals surface area contributed by atoms with Gasteiger partial charge >= 0.3 is 0 Å². The van der Waals surface area contributed by atoms with Gasteiger partial charge in [-0.3, -0.25) is 14.7 Å². The fourth-order valence-electron chi connectivity index (χ4n) is 4.20. The number of nitrogens with one attached hydrogen (secondary N) is 2. The maximum Gasteiger partial charge on any atom is 0.251 e. The summed E-state index contributed by atoms with van der Waals surface area (Å²) in [5.74, 6) is 1.55. The Kier molecular flexibility index (Phi) is 5.97. The fourth-order valence-corrected chi connectivity index (χ4v) is 4.20. The molecule has 2 aliphatic heterocycles. The summed E-state index contributed by atoms with van der Waals surface area (Å²) in [4.78, 5) is 25.9. The molecule has 0 bridgehead atoms. The van der Waals surface area contributed by atoms with E-state index in [4.69, 9.17) is 9.47 Å². The molecule has 0 spiro atoms. The van der Waals surface area contributed by atoms with Gasteiger partial charge in [-0.25, -0.2) is 0 Å². The number of hydrogen-bond donors (Lipinski definition) is 2. The van der Waals surface area contributed by atoms with Crippen LogP contribution in [-0.4, -0.2) is 59.8 Å². The number of amides is 2. The molecule has 3 heterocycles. The van der Waals surface area contributed by atoms with Gasteiger partial charge in [0, 0.05) is 42.7 Å². The second-order valence-electron chi connectivity index (χ2n) is 8.17. The summed E-state index contributed by atoms with van der Waals surface area (Å²) in [6.07, 6.45) is 2.33. The molecule has 1 saturated heterocycles. The number of para-hydroxylation sites is 1. The summed E-state index contributed by atoms with van der Waals surface area (Å²) in [6.45, 7) is 3.13. The third-order valence-electron chi connectivity index (χ3n) is 5.94. The number of nitrogens with zero attached hydrogens (tertiary/aromatic N) is 2. The van der Waals surface area contributed by atoms with Gasteiger partial charge < -0.3 is 19.7 Å². The number of rotatable bonds is 7. The quantitative estimate of drug-likeness (QED) is 0.543. The van der Waals surface area contributed by atoms with Crippen LogP contribution in [0.5, 0.6) is 11.5 Å². The number of aromatic amines is 1. The number of likely N-dealkylation sites (tertiary alicyclic amines) is 1. The van der Waals surface area contributed by atoms with E-state index in [1.54, 1.807) is 12.1 Å². The second kappa shape index (κ2) is 9.36. The molecule has 0 aliphatic carbocycles. The van der Waals surface area contributed by atoms with Crippen molar-refractivity contribution in [1.82, 2.24) is 20.4 Å². The van der Waals surface area contributed by atoms with Crippen LogP contribution >= 0.6 is 0 Å². The molecular formula is C25H26N4O4. The molecule has 2 aliphatic rings. The Hall–Kier alpha value is -3.81. The number of ether oxygens (including phenoxy) is 2. The molecule has 8 heteroatoms. The molecule has 0 unspecified atom stereocenters. The molecule has 5 rings (SSSR count). The van der Waals surface area contributed by atoms with E-state index in [0.29, 0.717) is 38.3 Å². The molecular weight excluding hydrogens is 420 g/mol. The number of H-pyrrole nitrogens is 1. The lowest BCUT2D eigenvalue weighted by Gasteiger charge is -2.20. The predicted octanol–water partition coefficient (Wildman–Crippen LogP) is 3.26. The Balaban J connectivity index is 1.20. The van der Waals surface area contributed by atoms with Gasteiger partial charge in [0.2, 0.25) is 5.91 Å². The van der Waals surface area contributed by atoms with E-state index in [1.807, 2.05) is 41.3 Å². The topological polar surface area (TPSA) is 96.5 Å². The Morgan fingerprint density at radius 2 is 1.97 bits per heavy atom. The van der Waals surface area contributed by atoms with E-state index < -0.39 is 0 Å². The van der Waals surface area contributed by atoms with Crippen LogP contribution in [0.1, 0.15) is 29.6 Å². The zero-order chi connectivity index (χ0) is 22.6. The van der Waals surface area contributed by atoms with Crippen molar-refractivity contribution in [1.29, 1.82) is 0 Å². The Labute approximate surface area is 191 Å². The first-order valence-corrected chi connectivity index (χ1v) is 11.3. The number of fused-ring (bicyclic) bond motifs is 1. The van der Waals surface area contributed by atoms with Gasteiger partial charge in [0.25, 0.3) is 5.91 Å². The molecule has 33 heavy (non-hydrogen) atoms. The summed E-state index contributed by atoms with van der Waals surface area (Å²) >= 11 is 0. The van der Waals surface area contributed by atoms with Gasteiger partial charge in [-0.1, -0.05) is 18.2 Å². The van der Waals surface area contributed by atoms with Gasteiger partial charge in [0.05, 0.1) is 11.4 Å². The summed E-state index contributed by atoms with van der Waals surface area (Å²) in [5, 5.41) is 10.4. The first-order valence-electron chi connectivity index (χ1n) is 11.3. The van der Waals surface area contributed by atoms with Gasteiger partial charge in [0.1, 0.15) is 13.2 Å². The summed E-state index contributed by atoms with van der Waals surface area (Å²) in [7, 11) is 0. The fraction of sp³-hybridized carbons (Fsp3) is 0.320. The van der Waals surface area contributed by atoms with E-state index in [1.165, 1.54) is 0 Å². The minimum Gasteiger partial charge on any atom is -0.486 e. The molecule has 0 saturated carbocycles. The van der Waals surface area contributed by atoms with Gasteiger partial charge in [-0.15, -0.1) is 0 Å². The van der Waals surface area contributed by atoms with Crippen LogP contribution in [0.4, 0.5) is 0 Å². The Morgan fingerprint density at radius 1 is 1.12 bits per heavy atom. The minimum absolute atomic E-state index is 0.120. The highest BCUT2D eigenvalue weighted by Crippen LogP contribution is 2.39. The molecule has 2 amide bonds. The predicted molar refractivity (Wildman–Crippen MR) is 123 cm³/mol. The number of carbonyl (C=O) groups excluding carboxylic acids is 2. The van der Waals surface area contributed by atoms with Crippen LogP contribution in [0.3, 0.4) is 0 Å². The zero-order valence-corrected chi connectivity index (χ0v) is 18.3. The zero-order valence-electron chi connectivity index (χ0n) is 18.3. The van der Waals surface area contributed by atoms with Crippen molar-refractivity contribution in [2.75, 3.05) is 32.8 Å². The van der Waals surface area contributed by atoms with Crippen LogP contribution in [0, 0.1) is 0 Å². The normalized spacial score (nSPS) is 15.0. The largest absolute Gasteiger partial charge is 0.486 e. The average molecular weight is 447 g/mol. The monoisotopic (exact) mass is 446 g/mol. The highest BCUT2D eigenvalue weighted by atomic mass is 16.6. The molecule has 1 aromatic heterocycles. The maximum atomic E-state index is 12.4. The van der Waals surface area contributed by atoms with Crippen molar-refractivity contribution < 1.29 is 19.1 Å². The highest BCUT2D eigenvalue weighted by Gasteiger charge is 2.20. The molecule has 8 nitrogen and oxygen atoms in total. The van der Waals surface area contributed by atoms with Crippen LogP contribution in [-0.2, 0) is 4.79 Å². The Bertz CT molecular complexity index is 1160. The number of benzene rings is 2. The first-order chi connectivity index (χ1) is 16.2. The van der Waals surface area contributed by atoms with E-state index in [0.717, 1.165) is 53.4 Å². The van der Waals surface area contributed by atoms with Crippen molar-refractivity contribution in [3.05, 3.63) is 54.1 Å². The van der Waals surface area contributed by atoms with Crippen molar-refractivity contribution >= 4 is 11.8 Å². The minimum atomic E-state index is -0.120. The number of hydrogen-bond acceptors (Lipinski definition) is 5. The van der Waals surface area contributed by atoms with Crippen molar-refractivity contribution in [2.45, 2.75) is 19.3 Å². The van der Waals surface area contributed by atoms with Crippen LogP contribution in [0.15, 0.2) is 48.5 Å². The summed E-state index contributed by atoms with van der Waals surface area (Å²) in [6, 6.07) is 15.1. The third-order valence-corrected chi connectivity index (χ3v) is 5.94. The second-order valence-corrected chi connectivity index (χ2v) is 8.17. The molecule has 0 radical (unpaired) electrons. The molecule has 2 aromatic carbocycles. The lowest BCUT2D eigenvalue weighted by molar-refractivity contribution is -0.127. The third kappa shape index (κ3) is 4.55. The van der Waals surface area contributed by atoms with Crippen molar-refractivity contribution in [2.24, 2.45) is 0 Å². The highest BCUT2D eigenvalue weighted by molar-refractivity contribution is 5.94. The smallest absolute Gasteiger partial charge is 0.251 e. The van der Waals surface area contributed by atoms with E-state index in [2.05, 4.69) is 15.5 Å². The molecule has 1 fully saturated rings. The van der Waals surface area contributed by atoms with Crippen LogP contribution in [0.25, 0.3) is 22.5 Å². The molecule has 0 atom stereocenters. The van der Waals surface area contributed by atoms with E-state index in [9.17, 15) is 9.59 Å². The maximum absolute atomic E-state index is 12.4. The molecule has 2 N–H and O–H groups in total.